The third-order valence-electron chi connectivity index (χ3n) is 3.86. The molecule has 7 heteroatoms. The summed E-state index contributed by atoms with van der Waals surface area (Å²) in [5, 5.41) is 1.68. The van der Waals surface area contributed by atoms with Crippen molar-refractivity contribution in [1.29, 1.82) is 0 Å². The van der Waals surface area contributed by atoms with E-state index in [1.165, 1.54) is 0 Å². The molecule has 0 bridgehead atoms. The number of alkyl halides is 6. The van der Waals surface area contributed by atoms with Crippen molar-refractivity contribution in [2.75, 3.05) is 6.54 Å². The topological polar surface area (TPSA) is 12.0 Å². The molecule has 0 amide bonds. The van der Waals surface area contributed by atoms with E-state index < -0.39 is 23.8 Å². The number of hydrogen-bond donors (Lipinski definition) is 1. The van der Waals surface area contributed by atoms with Crippen LogP contribution in [0.5, 0.6) is 0 Å². The van der Waals surface area contributed by atoms with Crippen LogP contribution in [0.3, 0.4) is 0 Å². The summed E-state index contributed by atoms with van der Waals surface area (Å²) in [5.74, 6) is -0.0105. The SMILES string of the molecule is CCCCC(C)(CNC(C(F)(F)F)C(F)(F)F)C(C)C. The lowest BCUT2D eigenvalue weighted by molar-refractivity contribution is -0.259. The normalized spacial score (nSPS) is 16.8. The van der Waals surface area contributed by atoms with Gasteiger partial charge < -0.3 is 0 Å². The summed E-state index contributed by atoms with van der Waals surface area (Å²) in [6.07, 6.45) is -8.44. The Morgan fingerprint density at radius 1 is 0.950 bits per heavy atom. The van der Waals surface area contributed by atoms with Gasteiger partial charge in [0.2, 0.25) is 6.04 Å². The molecule has 1 unspecified atom stereocenters. The number of hydrogen-bond acceptors (Lipinski definition) is 1. The molecule has 0 radical (unpaired) electrons. The smallest absolute Gasteiger partial charge is 0.298 e. The Bertz CT molecular complexity index is 270. The predicted molar refractivity (Wildman–Crippen MR) is 66.4 cm³/mol. The molecule has 0 aromatic heterocycles. The Labute approximate surface area is 116 Å². The van der Waals surface area contributed by atoms with Crippen LogP contribution >= 0.6 is 0 Å². The van der Waals surface area contributed by atoms with Gasteiger partial charge in [0.25, 0.3) is 0 Å². The Kier molecular flexibility index (Phi) is 6.84. The van der Waals surface area contributed by atoms with E-state index in [-0.39, 0.29) is 12.5 Å². The molecule has 1 N–H and O–H groups in total. The van der Waals surface area contributed by atoms with Crippen LogP contribution in [-0.2, 0) is 0 Å². The summed E-state index contributed by atoms with van der Waals surface area (Å²) >= 11 is 0. The first kappa shape index (κ1) is 19.5. The van der Waals surface area contributed by atoms with E-state index in [1.807, 2.05) is 20.8 Å². The summed E-state index contributed by atoms with van der Waals surface area (Å²) in [6, 6.07) is -3.46. The molecule has 0 fully saturated rings. The van der Waals surface area contributed by atoms with Crippen LogP contribution in [0.15, 0.2) is 0 Å². The fraction of sp³-hybridized carbons (Fsp3) is 1.00. The van der Waals surface area contributed by atoms with Crippen molar-refractivity contribution in [3.05, 3.63) is 0 Å². The fourth-order valence-corrected chi connectivity index (χ4v) is 1.91. The quantitative estimate of drug-likeness (QED) is 0.658. The van der Waals surface area contributed by atoms with Gasteiger partial charge in [-0.15, -0.1) is 0 Å². The Morgan fingerprint density at radius 3 is 1.70 bits per heavy atom. The molecule has 0 aromatic rings. The highest BCUT2D eigenvalue weighted by atomic mass is 19.4. The van der Waals surface area contributed by atoms with Gasteiger partial charge in [-0.2, -0.15) is 26.3 Å². The van der Waals surface area contributed by atoms with Gasteiger partial charge in [0.15, 0.2) is 0 Å². The number of rotatable bonds is 7. The largest absolute Gasteiger partial charge is 0.412 e. The van der Waals surface area contributed by atoms with E-state index in [2.05, 4.69) is 0 Å². The first-order valence-electron chi connectivity index (χ1n) is 6.71. The van der Waals surface area contributed by atoms with Gasteiger partial charge in [-0.3, -0.25) is 5.32 Å². The minimum absolute atomic E-state index is 0.0105. The van der Waals surface area contributed by atoms with Gasteiger partial charge in [-0.25, -0.2) is 0 Å². The van der Waals surface area contributed by atoms with Crippen LogP contribution in [0, 0.1) is 11.3 Å². The Hall–Kier alpha value is -0.460. The van der Waals surface area contributed by atoms with E-state index in [0.29, 0.717) is 6.42 Å². The van der Waals surface area contributed by atoms with Crippen LogP contribution in [0.1, 0.15) is 47.0 Å². The molecule has 0 aliphatic heterocycles. The molecule has 122 valence electrons. The molecule has 0 rings (SSSR count). The number of nitrogens with one attached hydrogen (secondary N) is 1. The van der Waals surface area contributed by atoms with Crippen molar-refractivity contribution < 1.29 is 26.3 Å². The molecule has 0 saturated carbocycles. The molecule has 20 heavy (non-hydrogen) atoms. The van der Waals surface area contributed by atoms with Gasteiger partial charge >= 0.3 is 12.4 Å². The van der Waals surface area contributed by atoms with E-state index in [4.69, 9.17) is 0 Å². The third-order valence-corrected chi connectivity index (χ3v) is 3.86. The van der Waals surface area contributed by atoms with Crippen LogP contribution < -0.4 is 5.32 Å². The minimum Gasteiger partial charge on any atom is -0.298 e. The highest BCUT2D eigenvalue weighted by Crippen LogP contribution is 2.36. The van der Waals surface area contributed by atoms with Crippen molar-refractivity contribution >= 4 is 0 Å². The fourth-order valence-electron chi connectivity index (χ4n) is 1.91. The second-order valence-corrected chi connectivity index (χ2v) is 5.81. The lowest BCUT2D eigenvalue weighted by Crippen LogP contribution is -2.55. The standard InChI is InChI=1S/C13H23F6N/c1-5-6-7-11(4,9(2)3)8-20-10(12(14,15)16)13(17,18)19/h9-10,20H,5-8H2,1-4H3. The van der Waals surface area contributed by atoms with E-state index in [0.717, 1.165) is 12.8 Å². The highest BCUT2D eigenvalue weighted by molar-refractivity contribution is 4.87. The number of halogens is 6. The Morgan fingerprint density at radius 2 is 1.40 bits per heavy atom. The summed E-state index contributed by atoms with van der Waals surface area (Å²) in [7, 11) is 0. The zero-order chi connectivity index (χ0) is 16.2. The zero-order valence-corrected chi connectivity index (χ0v) is 12.3. The molecule has 1 atom stereocenters. The molecule has 0 spiro atoms. The van der Waals surface area contributed by atoms with Crippen LogP contribution in [0.2, 0.25) is 0 Å². The van der Waals surface area contributed by atoms with E-state index in [9.17, 15) is 26.3 Å². The molecule has 1 nitrogen and oxygen atoms in total. The Balaban J connectivity index is 4.89. The van der Waals surface area contributed by atoms with Gasteiger partial charge in [0.1, 0.15) is 0 Å². The average Bonchev–Trinajstić information content (AvgIpc) is 2.22. The van der Waals surface area contributed by atoms with E-state index in [1.54, 1.807) is 12.2 Å². The van der Waals surface area contributed by atoms with Crippen LogP contribution in [0.4, 0.5) is 26.3 Å². The second kappa shape index (κ2) is 7.00. The van der Waals surface area contributed by atoms with Crippen molar-refractivity contribution in [3.8, 4) is 0 Å². The zero-order valence-electron chi connectivity index (χ0n) is 12.3. The number of unbranched alkanes of at least 4 members (excludes halogenated alkanes) is 1. The van der Waals surface area contributed by atoms with Crippen molar-refractivity contribution in [3.63, 3.8) is 0 Å². The molecule has 0 aliphatic rings. The molecule has 0 saturated heterocycles. The predicted octanol–water partition coefficient (Wildman–Crippen LogP) is 4.92. The minimum atomic E-state index is -5.33. The average molecular weight is 307 g/mol. The summed E-state index contributed by atoms with van der Waals surface area (Å²) in [4.78, 5) is 0. The highest BCUT2D eigenvalue weighted by Gasteiger charge is 2.56. The van der Waals surface area contributed by atoms with Crippen LogP contribution in [-0.4, -0.2) is 24.9 Å². The van der Waals surface area contributed by atoms with Crippen molar-refractivity contribution in [2.24, 2.45) is 11.3 Å². The maximum atomic E-state index is 12.5. The molecular formula is C13H23F6N. The first-order chi connectivity index (χ1) is 8.84. The molecular weight excluding hydrogens is 284 g/mol. The second-order valence-electron chi connectivity index (χ2n) is 5.81. The monoisotopic (exact) mass is 307 g/mol. The lowest BCUT2D eigenvalue weighted by atomic mass is 9.75. The van der Waals surface area contributed by atoms with Gasteiger partial charge in [0.05, 0.1) is 0 Å². The molecule has 0 heterocycles. The lowest BCUT2D eigenvalue weighted by Gasteiger charge is -2.36. The van der Waals surface area contributed by atoms with Crippen LogP contribution in [0.25, 0.3) is 0 Å². The van der Waals surface area contributed by atoms with E-state index >= 15 is 0 Å². The van der Waals surface area contributed by atoms with Crippen molar-refractivity contribution in [1.82, 2.24) is 5.32 Å². The molecule has 0 aliphatic carbocycles. The van der Waals surface area contributed by atoms with Gasteiger partial charge in [-0.1, -0.05) is 40.5 Å². The first-order valence-corrected chi connectivity index (χ1v) is 6.71. The van der Waals surface area contributed by atoms with Gasteiger partial charge in [-0.05, 0) is 17.8 Å². The summed E-state index contributed by atoms with van der Waals surface area (Å²) < 4.78 is 74.8. The van der Waals surface area contributed by atoms with Gasteiger partial charge in [0, 0.05) is 6.54 Å². The summed E-state index contributed by atoms with van der Waals surface area (Å²) in [6.45, 7) is 6.97. The maximum Gasteiger partial charge on any atom is 0.412 e. The molecule has 0 aromatic carbocycles. The van der Waals surface area contributed by atoms with Crippen molar-refractivity contribution in [2.45, 2.75) is 65.4 Å². The summed E-state index contributed by atoms with van der Waals surface area (Å²) in [5.41, 5.74) is -0.592. The third kappa shape index (κ3) is 5.89. The maximum absolute atomic E-state index is 12.5.